The molecule has 3 N–H and O–H groups in total. The van der Waals surface area contributed by atoms with E-state index in [1.165, 1.54) is 37.4 Å². The summed E-state index contributed by atoms with van der Waals surface area (Å²) in [4.78, 5) is 22.8. The first kappa shape index (κ1) is 21.5. The van der Waals surface area contributed by atoms with Crippen molar-refractivity contribution in [1.29, 1.82) is 0 Å². The number of nitro benzene ring substituents is 1. The summed E-state index contributed by atoms with van der Waals surface area (Å²) in [5.41, 5.74) is 1.20. The number of rotatable bonds is 9. The Kier molecular flexibility index (Phi) is 6.22. The van der Waals surface area contributed by atoms with Gasteiger partial charge >= 0.3 is 0 Å². The number of carbonyl (C=O) groups excluding carboxylic acids is 1. The summed E-state index contributed by atoms with van der Waals surface area (Å²) in [5, 5.41) is 16.4. The topological polar surface area (TPSA) is 140 Å². The maximum atomic E-state index is 12.4. The first-order valence-electron chi connectivity index (χ1n) is 9.19. The summed E-state index contributed by atoms with van der Waals surface area (Å²) in [5.74, 6) is -0.0790. The Morgan fingerprint density at radius 1 is 1.20 bits per heavy atom. The number of non-ortho nitro benzene ring substituents is 1. The fourth-order valence-corrected chi connectivity index (χ4v) is 4.04. The smallest absolute Gasteiger partial charge is 0.271 e. The van der Waals surface area contributed by atoms with Gasteiger partial charge < -0.3 is 15.4 Å². The summed E-state index contributed by atoms with van der Waals surface area (Å²) in [6.45, 7) is 1.52. The Hall–Kier alpha value is -3.18. The Morgan fingerprint density at radius 2 is 1.93 bits per heavy atom. The van der Waals surface area contributed by atoms with Crippen LogP contribution in [0.5, 0.6) is 5.75 Å². The molecule has 2 aromatic rings. The highest BCUT2D eigenvalue weighted by Gasteiger charge is 2.28. The quantitative estimate of drug-likeness (QED) is 0.407. The molecule has 1 aliphatic rings. The van der Waals surface area contributed by atoms with E-state index in [1.54, 1.807) is 13.0 Å². The van der Waals surface area contributed by atoms with E-state index < -0.39 is 20.9 Å². The Morgan fingerprint density at radius 3 is 2.57 bits per heavy atom. The van der Waals surface area contributed by atoms with Crippen molar-refractivity contribution in [2.75, 3.05) is 24.3 Å². The summed E-state index contributed by atoms with van der Waals surface area (Å²) < 4.78 is 32.7. The Balaban J connectivity index is 1.71. The minimum absolute atomic E-state index is 0.0301. The van der Waals surface area contributed by atoms with E-state index in [0.717, 1.165) is 12.8 Å². The molecule has 0 radical (unpaired) electrons. The lowest BCUT2D eigenvalue weighted by molar-refractivity contribution is -0.384. The first-order valence-corrected chi connectivity index (χ1v) is 10.7. The van der Waals surface area contributed by atoms with E-state index >= 15 is 0 Å². The number of nitrogens with zero attached hydrogens (tertiary/aromatic N) is 1. The monoisotopic (exact) mass is 434 g/mol. The van der Waals surface area contributed by atoms with Crippen LogP contribution < -0.4 is 20.1 Å². The summed E-state index contributed by atoms with van der Waals surface area (Å²) in [6.07, 6.45) is 1.63. The second-order valence-corrected chi connectivity index (χ2v) is 8.63. The number of benzene rings is 2. The van der Waals surface area contributed by atoms with Gasteiger partial charge in [0.1, 0.15) is 5.75 Å². The molecule has 0 saturated heterocycles. The second-order valence-electron chi connectivity index (χ2n) is 6.92. The molecule has 1 saturated carbocycles. The molecule has 160 valence electrons. The predicted molar refractivity (Wildman–Crippen MR) is 111 cm³/mol. The highest BCUT2D eigenvalue weighted by molar-refractivity contribution is 7.89. The number of hydrogen-bond acceptors (Lipinski definition) is 7. The number of amides is 1. The van der Waals surface area contributed by atoms with Crippen LogP contribution in [0.1, 0.15) is 18.4 Å². The third kappa shape index (κ3) is 5.24. The average Bonchev–Trinajstić information content (AvgIpc) is 3.51. The number of nitro groups is 1. The minimum Gasteiger partial charge on any atom is -0.495 e. The van der Waals surface area contributed by atoms with Crippen molar-refractivity contribution in [2.45, 2.75) is 30.7 Å². The Bertz CT molecular complexity index is 1080. The SMILES string of the molecule is COc1ccc(S(=O)(=O)NC2CC2)cc1NCC(=O)Nc1cc([N+](=O)[O-])ccc1C. The van der Waals surface area contributed by atoms with Gasteiger partial charge in [-0.25, -0.2) is 13.1 Å². The fraction of sp³-hybridized carbons (Fsp3) is 0.316. The molecule has 1 fully saturated rings. The zero-order chi connectivity index (χ0) is 21.9. The summed E-state index contributed by atoms with van der Waals surface area (Å²) >= 11 is 0. The van der Waals surface area contributed by atoms with E-state index in [-0.39, 0.29) is 23.2 Å². The van der Waals surface area contributed by atoms with Crippen LogP contribution in [0.15, 0.2) is 41.3 Å². The maximum absolute atomic E-state index is 12.4. The van der Waals surface area contributed by atoms with Crippen LogP contribution in [0.2, 0.25) is 0 Å². The number of nitrogens with one attached hydrogen (secondary N) is 3. The van der Waals surface area contributed by atoms with Crippen molar-refractivity contribution in [2.24, 2.45) is 0 Å². The molecule has 30 heavy (non-hydrogen) atoms. The van der Waals surface area contributed by atoms with Crippen LogP contribution in [0.4, 0.5) is 17.1 Å². The van der Waals surface area contributed by atoms with Crippen LogP contribution >= 0.6 is 0 Å². The van der Waals surface area contributed by atoms with E-state index in [4.69, 9.17) is 4.74 Å². The molecular formula is C19H22N4O6S. The van der Waals surface area contributed by atoms with E-state index in [9.17, 15) is 23.3 Å². The lowest BCUT2D eigenvalue weighted by Crippen LogP contribution is -2.26. The molecule has 0 aliphatic heterocycles. The number of aryl methyl sites for hydroxylation is 1. The van der Waals surface area contributed by atoms with E-state index in [2.05, 4.69) is 15.4 Å². The molecule has 0 spiro atoms. The van der Waals surface area contributed by atoms with E-state index in [1.807, 2.05) is 0 Å². The van der Waals surface area contributed by atoms with Gasteiger partial charge in [0, 0.05) is 18.2 Å². The van der Waals surface area contributed by atoms with Crippen molar-refractivity contribution in [3.63, 3.8) is 0 Å². The fourth-order valence-electron chi connectivity index (χ4n) is 2.71. The zero-order valence-electron chi connectivity index (χ0n) is 16.5. The van der Waals surface area contributed by atoms with Crippen LogP contribution in [0.25, 0.3) is 0 Å². The molecular weight excluding hydrogens is 412 g/mol. The van der Waals surface area contributed by atoms with E-state index in [0.29, 0.717) is 22.7 Å². The molecule has 0 aromatic heterocycles. The summed E-state index contributed by atoms with van der Waals surface area (Å²) in [6, 6.07) is 8.49. The van der Waals surface area contributed by atoms with Gasteiger partial charge in [-0.1, -0.05) is 6.07 Å². The summed E-state index contributed by atoms with van der Waals surface area (Å²) in [7, 11) is -2.23. The molecule has 11 heteroatoms. The zero-order valence-corrected chi connectivity index (χ0v) is 17.3. The molecule has 10 nitrogen and oxygen atoms in total. The third-order valence-electron chi connectivity index (χ3n) is 4.53. The van der Waals surface area contributed by atoms with Gasteiger partial charge in [-0.2, -0.15) is 0 Å². The van der Waals surface area contributed by atoms with Crippen molar-refractivity contribution < 1.29 is 22.9 Å². The standard InChI is InChI=1S/C19H22N4O6S/c1-12-3-6-14(23(25)26)9-16(12)21-19(24)11-20-17-10-15(7-8-18(17)29-2)30(27,28)22-13-4-5-13/h3,6-10,13,20,22H,4-5,11H2,1-2H3,(H,21,24). The lowest BCUT2D eigenvalue weighted by Gasteiger charge is -2.14. The number of hydrogen-bond donors (Lipinski definition) is 3. The second kappa shape index (κ2) is 8.67. The van der Waals surface area contributed by atoms with Crippen LogP contribution in [-0.2, 0) is 14.8 Å². The number of carbonyl (C=O) groups is 1. The molecule has 0 heterocycles. The lowest BCUT2D eigenvalue weighted by atomic mass is 10.2. The Labute approximate surface area is 173 Å². The molecule has 1 amide bonds. The van der Waals surface area contributed by atoms with Crippen LogP contribution in [-0.4, -0.2) is 38.9 Å². The molecule has 2 aromatic carbocycles. The number of anilines is 2. The van der Waals surface area contributed by atoms with Crippen LogP contribution in [0.3, 0.4) is 0 Å². The highest BCUT2D eigenvalue weighted by atomic mass is 32.2. The molecule has 0 unspecified atom stereocenters. The number of sulfonamides is 1. The van der Waals surface area contributed by atoms with Crippen molar-refractivity contribution >= 4 is 33.0 Å². The van der Waals surface area contributed by atoms with Gasteiger partial charge in [-0.3, -0.25) is 14.9 Å². The molecule has 0 atom stereocenters. The van der Waals surface area contributed by atoms with Crippen molar-refractivity contribution in [3.05, 3.63) is 52.1 Å². The number of methoxy groups -OCH3 is 1. The highest BCUT2D eigenvalue weighted by Crippen LogP contribution is 2.29. The van der Waals surface area contributed by atoms with Gasteiger partial charge in [0.25, 0.3) is 5.69 Å². The minimum atomic E-state index is -3.66. The third-order valence-corrected chi connectivity index (χ3v) is 6.04. The first-order chi connectivity index (χ1) is 14.2. The molecule has 1 aliphatic carbocycles. The molecule has 3 rings (SSSR count). The van der Waals surface area contributed by atoms with Gasteiger partial charge in [0.2, 0.25) is 15.9 Å². The average molecular weight is 434 g/mol. The number of ether oxygens (including phenoxy) is 1. The maximum Gasteiger partial charge on any atom is 0.271 e. The van der Waals surface area contributed by atoms with Gasteiger partial charge in [0.05, 0.1) is 34.8 Å². The molecule has 0 bridgehead atoms. The largest absolute Gasteiger partial charge is 0.495 e. The van der Waals surface area contributed by atoms with Crippen molar-refractivity contribution in [3.8, 4) is 5.75 Å². The van der Waals surface area contributed by atoms with Gasteiger partial charge in [-0.15, -0.1) is 0 Å². The normalized spacial score (nSPS) is 13.5. The van der Waals surface area contributed by atoms with Crippen molar-refractivity contribution in [1.82, 2.24) is 4.72 Å². The van der Waals surface area contributed by atoms with Gasteiger partial charge in [0.15, 0.2) is 0 Å². The van der Waals surface area contributed by atoms with Gasteiger partial charge in [-0.05, 0) is 43.5 Å². The predicted octanol–water partition coefficient (Wildman–Crippen LogP) is 2.40. The van der Waals surface area contributed by atoms with Crippen LogP contribution in [0, 0.1) is 17.0 Å².